The molecule has 0 fully saturated rings. The van der Waals surface area contributed by atoms with E-state index in [2.05, 4.69) is 21.3 Å². The summed E-state index contributed by atoms with van der Waals surface area (Å²) in [6, 6.07) is 11.6. The van der Waals surface area contributed by atoms with Gasteiger partial charge in [-0.15, -0.1) is 0 Å². The number of carbonyl (C=O) groups is 3. The van der Waals surface area contributed by atoms with Gasteiger partial charge < -0.3 is 30.7 Å². The summed E-state index contributed by atoms with van der Waals surface area (Å²) in [5, 5.41) is 11.8. The van der Waals surface area contributed by atoms with Gasteiger partial charge in [0.15, 0.2) is 6.61 Å². The average molecular weight is 593 g/mol. The van der Waals surface area contributed by atoms with E-state index >= 15 is 0 Å². The molecule has 2 aliphatic heterocycles. The van der Waals surface area contributed by atoms with Crippen LogP contribution in [0, 0.1) is 5.41 Å². The van der Waals surface area contributed by atoms with E-state index in [0.29, 0.717) is 37.4 Å². The van der Waals surface area contributed by atoms with Gasteiger partial charge in [0.1, 0.15) is 5.75 Å². The fraction of sp³-hybridized carbons (Fsp3) is 0.500. The first-order chi connectivity index (χ1) is 20.1. The van der Waals surface area contributed by atoms with Gasteiger partial charge in [0.2, 0.25) is 11.8 Å². The summed E-state index contributed by atoms with van der Waals surface area (Å²) in [6.07, 6.45) is -2.33. The normalized spacial score (nSPS) is 19.7. The molecule has 12 heteroatoms. The molecule has 0 aromatic heterocycles. The summed E-state index contributed by atoms with van der Waals surface area (Å²) in [5.41, 5.74) is -0.582. The number of methoxy groups -OCH3 is 1. The molecule has 42 heavy (non-hydrogen) atoms. The molecule has 2 heterocycles. The van der Waals surface area contributed by atoms with Gasteiger partial charge >= 0.3 is 6.18 Å². The highest BCUT2D eigenvalue weighted by atomic mass is 19.4. The molecule has 2 aliphatic rings. The van der Waals surface area contributed by atoms with Crippen molar-refractivity contribution in [1.29, 1.82) is 0 Å². The Bertz CT molecular complexity index is 1160. The second-order valence-corrected chi connectivity index (χ2v) is 10.3. The third kappa shape index (κ3) is 10.6. The van der Waals surface area contributed by atoms with Crippen molar-refractivity contribution in [3.8, 4) is 5.75 Å². The topological polar surface area (TPSA) is 118 Å². The summed E-state index contributed by atoms with van der Waals surface area (Å²) in [4.78, 5) is 38.6. The number of alkyl halides is 3. The first-order valence-electron chi connectivity index (χ1n) is 14.0. The highest BCUT2D eigenvalue weighted by Crippen LogP contribution is 2.30. The highest BCUT2D eigenvalue weighted by molar-refractivity contribution is 5.84. The van der Waals surface area contributed by atoms with E-state index in [4.69, 9.17) is 9.47 Å². The van der Waals surface area contributed by atoms with Gasteiger partial charge in [0.25, 0.3) is 5.91 Å². The number of benzene rings is 2. The Morgan fingerprint density at radius 1 is 0.976 bits per heavy atom. The Labute approximate surface area is 243 Å². The van der Waals surface area contributed by atoms with Crippen LogP contribution in [0.15, 0.2) is 48.5 Å². The summed E-state index contributed by atoms with van der Waals surface area (Å²) in [6.45, 7) is 1.99. The molecule has 4 rings (SSSR count). The van der Waals surface area contributed by atoms with Crippen molar-refractivity contribution in [1.82, 2.24) is 21.3 Å². The van der Waals surface area contributed by atoms with Gasteiger partial charge in [-0.05, 0) is 74.2 Å². The number of halogens is 3. The maximum absolute atomic E-state index is 13.8. The molecule has 2 aromatic carbocycles. The lowest BCUT2D eigenvalue weighted by molar-refractivity contribution is -0.137. The van der Waals surface area contributed by atoms with E-state index in [1.54, 1.807) is 24.3 Å². The van der Waals surface area contributed by atoms with Gasteiger partial charge in [-0.3, -0.25) is 14.4 Å². The molecule has 1 unspecified atom stereocenters. The number of hydrogen-bond acceptors (Lipinski definition) is 6. The molecule has 3 amide bonds. The number of rotatable bonds is 6. The zero-order valence-electron chi connectivity index (χ0n) is 23.8. The van der Waals surface area contributed by atoms with E-state index in [1.807, 2.05) is 0 Å². The number of fused-ring (bicyclic) bond motifs is 17. The molecule has 0 radical (unpaired) electrons. The number of amides is 3. The molecule has 0 saturated carbocycles. The minimum absolute atomic E-state index is 0.0140. The molecule has 9 nitrogen and oxygen atoms in total. The number of carbonyl (C=O) groups excluding carboxylic acids is 3. The molecule has 2 bridgehead atoms. The lowest BCUT2D eigenvalue weighted by Crippen LogP contribution is -2.50. The monoisotopic (exact) mass is 592 g/mol. The van der Waals surface area contributed by atoms with Crippen LogP contribution in [0.4, 0.5) is 13.2 Å². The molecule has 4 N–H and O–H groups in total. The molecule has 0 spiro atoms. The Balaban J connectivity index is 1.82. The zero-order chi connectivity index (χ0) is 30.4. The second-order valence-electron chi connectivity index (χ2n) is 10.3. The van der Waals surface area contributed by atoms with Crippen molar-refractivity contribution in [2.24, 2.45) is 5.41 Å². The van der Waals surface area contributed by atoms with Crippen molar-refractivity contribution in [2.75, 3.05) is 46.5 Å². The van der Waals surface area contributed by atoms with Crippen LogP contribution >= 0.6 is 0 Å². The van der Waals surface area contributed by atoms with E-state index in [-0.39, 0.29) is 63.3 Å². The van der Waals surface area contributed by atoms with Gasteiger partial charge in [0, 0.05) is 39.8 Å². The molecule has 1 atom stereocenters. The standard InChI is InChI=1S/C30H39F3N4O5/c1-41-17-13-29(28(40)36-19-23-5-9-24(10-6-23)30(31,32)33)18-22-7-11-25(12-8-22)42-20-27(39)35-16-3-15-34-14-2-4-26(38)37-21-29/h5-12,34H,2-4,13-21H2,1H3,(H,35,39)(H,36,40)(H,37,38). The van der Waals surface area contributed by atoms with Crippen LogP contribution in [0.1, 0.15) is 42.4 Å². The third-order valence-electron chi connectivity index (χ3n) is 7.07. The summed E-state index contributed by atoms with van der Waals surface area (Å²) >= 11 is 0. The predicted molar refractivity (Wildman–Crippen MR) is 151 cm³/mol. The average Bonchev–Trinajstić information content (AvgIpc) is 2.97. The first-order valence-corrected chi connectivity index (χ1v) is 14.0. The smallest absolute Gasteiger partial charge is 0.416 e. The highest BCUT2D eigenvalue weighted by Gasteiger charge is 2.39. The minimum atomic E-state index is -4.45. The Morgan fingerprint density at radius 2 is 1.69 bits per heavy atom. The van der Waals surface area contributed by atoms with Crippen molar-refractivity contribution in [3.05, 3.63) is 65.2 Å². The molecular formula is C30H39F3N4O5. The van der Waals surface area contributed by atoms with Crippen LogP contribution in [0.3, 0.4) is 0 Å². The van der Waals surface area contributed by atoms with E-state index < -0.39 is 17.2 Å². The number of ether oxygens (including phenoxy) is 2. The zero-order valence-corrected chi connectivity index (χ0v) is 23.8. The maximum Gasteiger partial charge on any atom is 0.416 e. The van der Waals surface area contributed by atoms with Crippen molar-refractivity contribution in [3.63, 3.8) is 0 Å². The number of nitrogens with one attached hydrogen (secondary N) is 4. The predicted octanol–water partition coefficient (Wildman–Crippen LogP) is 2.97. The van der Waals surface area contributed by atoms with Crippen molar-refractivity contribution >= 4 is 17.7 Å². The fourth-order valence-electron chi connectivity index (χ4n) is 4.58. The van der Waals surface area contributed by atoms with Crippen LogP contribution in [-0.2, 0) is 38.3 Å². The fourth-order valence-corrected chi connectivity index (χ4v) is 4.58. The Morgan fingerprint density at radius 3 is 2.38 bits per heavy atom. The molecule has 2 aromatic rings. The summed E-state index contributed by atoms with van der Waals surface area (Å²) in [7, 11) is 1.52. The van der Waals surface area contributed by atoms with Gasteiger partial charge in [-0.25, -0.2) is 0 Å². The van der Waals surface area contributed by atoms with Crippen LogP contribution < -0.4 is 26.0 Å². The van der Waals surface area contributed by atoms with Crippen LogP contribution in [0.5, 0.6) is 5.75 Å². The van der Waals surface area contributed by atoms with E-state index in [1.165, 1.54) is 19.2 Å². The van der Waals surface area contributed by atoms with Crippen LogP contribution in [0.25, 0.3) is 0 Å². The molecular weight excluding hydrogens is 553 g/mol. The first kappa shape index (κ1) is 32.9. The quantitative estimate of drug-likeness (QED) is 0.410. The third-order valence-corrected chi connectivity index (χ3v) is 7.07. The van der Waals surface area contributed by atoms with Gasteiger partial charge in [0.05, 0.1) is 11.0 Å². The molecule has 0 saturated heterocycles. The van der Waals surface area contributed by atoms with Crippen molar-refractivity contribution in [2.45, 2.75) is 44.8 Å². The van der Waals surface area contributed by atoms with Crippen LogP contribution in [-0.4, -0.2) is 64.2 Å². The number of hydrogen-bond donors (Lipinski definition) is 4. The minimum Gasteiger partial charge on any atom is -0.484 e. The van der Waals surface area contributed by atoms with E-state index in [9.17, 15) is 27.6 Å². The second kappa shape index (κ2) is 16.1. The van der Waals surface area contributed by atoms with Gasteiger partial charge in [-0.1, -0.05) is 24.3 Å². The molecule has 230 valence electrons. The summed E-state index contributed by atoms with van der Waals surface area (Å²) in [5.74, 6) is -0.291. The lowest BCUT2D eigenvalue weighted by atomic mass is 9.77. The Kier molecular flexibility index (Phi) is 12.6. The SMILES string of the molecule is COCCC1(C(=O)NCc2ccc(C(F)(F)F)cc2)CNC(=O)CCCNCCCNC(=O)COc2ccc(cc2)C1. The van der Waals surface area contributed by atoms with E-state index in [0.717, 1.165) is 24.1 Å². The Hall–Kier alpha value is -3.64. The maximum atomic E-state index is 13.8. The lowest BCUT2D eigenvalue weighted by Gasteiger charge is -2.33. The molecule has 0 aliphatic carbocycles. The van der Waals surface area contributed by atoms with Gasteiger partial charge in [-0.2, -0.15) is 13.2 Å². The summed E-state index contributed by atoms with van der Waals surface area (Å²) < 4.78 is 49.8. The largest absolute Gasteiger partial charge is 0.484 e. The van der Waals surface area contributed by atoms with Crippen LogP contribution in [0.2, 0.25) is 0 Å². The van der Waals surface area contributed by atoms with Crippen molar-refractivity contribution < 1.29 is 37.0 Å².